The van der Waals surface area contributed by atoms with E-state index >= 15 is 0 Å². The molecule has 0 spiro atoms. The number of carbonyl (C=O) groups excluding carboxylic acids is 1. The van der Waals surface area contributed by atoms with E-state index in [2.05, 4.69) is 0 Å². The van der Waals surface area contributed by atoms with Crippen LogP contribution in [-0.4, -0.2) is 78.5 Å². The molecular weight excluding hydrogens is 240 g/mol. The van der Waals surface area contributed by atoms with Crippen LogP contribution in [0.4, 0.5) is 4.79 Å². The maximum absolute atomic E-state index is 11.9. The number of aliphatic hydroxyl groups excluding tert-OH is 1. The van der Waals surface area contributed by atoms with Gasteiger partial charge in [-0.05, 0) is 6.42 Å². The summed E-state index contributed by atoms with van der Waals surface area (Å²) in [6.45, 7) is 2.13. The maximum Gasteiger partial charge on any atom is 0.323 e. The molecule has 0 rings (SSSR count). The Balaban J connectivity index is 4.40. The number of amides is 2. The molecule has 106 valence electrons. The molecule has 0 radical (unpaired) electrons. The molecule has 0 aromatic carbocycles. The Kier molecular flexibility index (Phi) is 8.06. The van der Waals surface area contributed by atoms with E-state index in [1.807, 2.05) is 6.92 Å². The predicted octanol–water partition coefficient (Wildman–Crippen LogP) is -0.158. The van der Waals surface area contributed by atoms with Gasteiger partial charge in [0.05, 0.1) is 19.3 Å². The second-order valence-electron chi connectivity index (χ2n) is 4.09. The number of aliphatic hydroxyl groups is 1. The quantitative estimate of drug-likeness (QED) is 0.634. The second kappa shape index (κ2) is 8.71. The fourth-order valence-corrected chi connectivity index (χ4v) is 1.56. The molecular formula is C11H22N2O5. The number of carboxylic acid groups (broad SMARTS) is 1. The summed E-state index contributed by atoms with van der Waals surface area (Å²) in [7, 11) is 2.98. The monoisotopic (exact) mass is 262 g/mol. The Morgan fingerprint density at radius 1 is 1.39 bits per heavy atom. The molecule has 1 atom stereocenters. The number of rotatable bonds is 8. The van der Waals surface area contributed by atoms with E-state index in [1.54, 1.807) is 0 Å². The van der Waals surface area contributed by atoms with Crippen LogP contribution in [0.2, 0.25) is 0 Å². The van der Waals surface area contributed by atoms with Gasteiger partial charge in [0, 0.05) is 20.7 Å². The Labute approximate surface area is 107 Å². The van der Waals surface area contributed by atoms with Crippen LogP contribution in [0.1, 0.15) is 13.3 Å². The molecule has 0 aliphatic heterocycles. The normalized spacial score (nSPS) is 12.0. The highest BCUT2D eigenvalue weighted by Gasteiger charge is 2.21. The smallest absolute Gasteiger partial charge is 0.323 e. The van der Waals surface area contributed by atoms with E-state index < -0.39 is 18.1 Å². The largest absolute Gasteiger partial charge is 0.480 e. The van der Waals surface area contributed by atoms with Gasteiger partial charge >= 0.3 is 12.0 Å². The predicted molar refractivity (Wildman–Crippen MR) is 65.4 cm³/mol. The van der Waals surface area contributed by atoms with Crippen molar-refractivity contribution in [2.45, 2.75) is 19.4 Å². The van der Waals surface area contributed by atoms with Crippen molar-refractivity contribution in [1.29, 1.82) is 0 Å². The number of nitrogens with zero attached hydrogens (tertiary/aromatic N) is 2. The van der Waals surface area contributed by atoms with Crippen molar-refractivity contribution in [2.24, 2.45) is 0 Å². The highest BCUT2D eigenvalue weighted by Crippen LogP contribution is 2.00. The number of urea groups is 1. The zero-order chi connectivity index (χ0) is 14.1. The number of ether oxygens (including phenoxy) is 1. The standard InChI is InChI=1S/C11H22N2O5/c1-4-5-13(7-10(15)16)11(17)12(2)6-9(14)8-18-3/h9,14H,4-8H2,1-3H3,(H,15,16). The van der Waals surface area contributed by atoms with Gasteiger partial charge in [-0.25, -0.2) is 4.79 Å². The van der Waals surface area contributed by atoms with Gasteiger partial charge in [-0.1, -0.05) is 6.92 Å². The van der Waals surface area contributed by atoms with Gasteiger partial charge in [0.15, 0.2) is 0 Å². The minimum Gasteiger partial charge on any atom is -0.480 e. The van der Waals surface area contributed by atoms with Crippen molar-refractivity contribution < 1.29 is 24.5 Å². The minimum absolute atomic E-state index is 0.104. The molecule has 0 fully saturated rings. The minimum atomic E-state index is -1.05. The summed E-state index contributed by atoms with van der Waals surface area (Å²) >= 11 is 0. The zero-order valence-electron chi connectivity index (χ0n) is 11.1. The Bertz CT molecular complexity index is 272. The lowest BCUT2D eigenvalue weighted by atomic mass is 10.3. The van der Waals surface area contributed by atoms with E-state index in [0.717, 1.165) is 0 Å². The van der Waals surface area contributed by atoms with Gasteiger partial charge < -0.3 is 24.7 Å². The average molecular weight is 262 g/mol. The first-order chi connectivity index (χ1) is 8.42. The molecule has 7 nitrogen and oxygen atoms in total. The number of carboxylic acids is 1. The fraction of sp³-hybridized carbons (Fsp3) is 0.818. The summed E-state index contributed by atoms with van der Waals surface area (Å²) in [5, 5.41) is 18.2. The number of hydrogen-bond acceptors (Lipinski definition) is 4. The molecule has 2 amide bonds. The first-order valence-corrected chi connectivity index (χ1v) is 5.81. The summed E-state index contributed by atoms with van der Waals surface area (Å²) in [6, 6.07) is -0.408. The van der Waals surface area contributed by atoms with Crippen LogP contribution in [-0.2, 0) is 9.53 Å². The van der Waals surface area contributed by atoms with Gasteiger partial charge in [0.2, 0.25) is 0 Å². The van der Waals surface area contributed by atoms with Gasteiger partial charge in [0.25, 0.3) is 0 Å². The highest BCUT2D eigenvalue weighted by molar-refractivity contribution is 5.80. The van der Waals surface area contributed by atoms with Gasteiger partial charge in [-0.3, -0.25) is 4.79 Å². The summed E-state index contributed by atoms with van der Waals surface area (Å²) in [4.78, 5) is 25.1. The summed E-state index contributed by atoms with van der Waals surface area (Å²) < 4.78 is 4.76. The number of carbonyl (C=O) groups is 2. The van der Waals surface area contributed by atoms with Crippen LogP contribution in [0.25, 0.3) is 0 Å². The SMILES string of the molecule is CCCN(CC(=O)O)C(=O)N(C)CC(O)COC. The molecule has 0 aliphatic rings. The lowest BCUT2D eigenvalue weighted by Crippen LogP contribution is -2.46. The van der Waals surface area contributed by atoms with Crippen molar-refractivity contribution in [1.82, 2.24) is 9.80 Å². The van der Waals surface area contributed by atoms with Crippen LogP contribution in [0.5, 0.6) is 0 Å². The summed E-state index contributed by atoms with van der Waals surface area (Å²) in [5.41, 5.74) is 0. The van der Waals surface area contributed by atoms with Crippen LogP contribution < -0.4 is 0 Å². The first-order valence-electron chi connectivity index (χ1n) is 5.81. The van der Waals surface area contributed by atoms with Crippen molar-refractivity contribution in [3.05, 3.63) is 0 Å². The van der Waals surface area contributed by atoms with E-state index in [0.29, 0.717) is 13.0 Å². The molecule has 1 unspecified atom stereocenters. The summed E-state index contributed by atoms with van der Waals surface area (Å²) in [5.74, 6) is -1.05. The third-order valence-electron chi connectivity index (χ3n) is 2.26. The van der Waals surface area contributed by atoms with Crippen molar-refractivity contribution in [3.63, 3.8) is 0 Å². The van der Waals surface area contributed by atoms with Crippen molar-refractivity contribution in [3.8, 4) is 0 Å². The van der Waals surface area contributed by atoms with E-state index in [4.69, 9.17) is 9.84 Å². The number of aliphatic carboxylic acids is 1. The molecule has 7 heteroatoms. The molecule has 0 bridgehead atoms. The van der Waals surface area contributed by atoms with Crippen LogP contribution in [0.3, 0.4) is 0 Å². The molecule has 0 saturated carbocycles. The molecule has 2 N–H and O–H groups in total. The highest BCUT2D eigenvalue weighted by atomic mass is 16.5. The van der Waals surface area contributed by atoms with Crippen molar-refractivity contribution in [2.75, 3.05) is 40.4 Å². The van der Waals surface area contributed by atoms with E-state index in [9.17, 15) is 14.7 Å². The molecule has 0 heterocycles. The van der Waals surface area contributed by atoms with Crippen molar-refractivity contribution >= 4 is 12.0 Å². The Morgan fingerprint density at radius 2 is 2.00 bits per heavy atom. The van der Waals surface area contributed by atoms with E-state index in [1.165, 1.54) is 24.0 Å². The van der Waals surface area contributed by atoms with Gasteiger partial charge in [0.1, 0.15) is 6.54 Å². The van der Waals surface area contributed by atoms with Crippen LogP contribution >= 0.6 is 0 Å². The number of hydrogen-bond donors (Lipinski definition) is 2. The molecule has 0 aromatic heterocycles. The van der Waals surface area contributed by atoms with Crippen LogP contribution in [0.15, 0.2) is 0 Å². The topological polar surface area (TPSA) is 90.3 Å². The average Bonchev–Trinajstić information content (AvgIpc) is 2.27. The molecule has 0 aromatic rings. The summed E-state index contributed by atoms with van der Waals surface area (Å²) in [6.07, 6.45) is -0.106. The second-order valence-corrected chi connectivity index (χ2v) is 4.09. The molecule has 0 aliphatic carbocycles. The van der Waals surface area contributed by atoms with E-state index in [-0.39, 0.29) is 19.7 Å². The maximum atomic E-state index is 11.9. The van der Waals surface area contributed by atoms with Crippen LogP contribution in [0, 0.1) is 0 Å². The third kappa shape index (κ3) is 6.41. The molecule has 18 heavy (non-hydrogen) atoms. The first kappa shape index (κ1) is 16.7. The lowest BCUT2D eigenvalue weighted by Gasteiger charge is -2.28. The zero-order valence-corrected chi connectivity index (χ0v) is 11.1. The number of methoxy groups -OCH3 is 1. The van der Waals surface area contributed by atoms with Gasteiger partial charge in [-0.2, -0.15) is 0 Å². The number of likely N-dealkylation sites (N-methyl/N-ethyl adjacent to an activating group) is 1. The fourth-order valence-electron chi connectivity index (χ4n) is 1.56. The van der Waals surface area contributed by atoms with Gasteiger partial charge in [-0.15, -0.1) is 0 Å². The third-order valence-corrected chi connectivity index (χ3v) is 2.26. The lowest BCUT2D eigenvalue weighted by molar-refractivity contribution is -0.137. The Morgan fingerprint density at radius 3 is 2.44 bits per heavy atom. The molecule has 0 saturated heterocycles. The Hall–Kier alpha value is -1.34.